The zero-order chi connectivity index (χ0) is 19.6. The van der Waals surface area contributed by atoms with Crippen molar-refractivity contribution in [2.45, 2.75) is 38.4 Å². The van der Waals surface area contributed by atoms with Crippen molar-refractivity contribution in [1.29, 1.82) is 0 Å². The number of benzene rings is 2. The van der Waals surface area contributed by atoms with Gasteiger partial charge in [0.15, 0.2) is 0 Å². The van der Waals surface area contributed by atoms with Gasteiger partial charge in [0.2, 0.25) is 0 Å². The lowest BCUT2D eigenvalue weighted by Gasteiger charge is -2.33. The molecule has 0 amide bonds. The van der Waals surface area contributed by atoms with Crippen LogP contribution in [0.2, 0.25) is 0 Å². The lowest BCUT2D eigenvalue weighted by molar-refractivity contribution is 0.194. The number of aromatic nitrogens is 3. The summed E-state index contributed by atoms with van der Waals surface area (Å²) in [6.07, 6.45) is 2.36. The van der Waals surface area contributed by atoms with Gasteiger partial charge in [-0.3, -0.25) is 4.90 Å². The van der Waals surface area contributed by atoms with Gasteiger partial charge in [-0.2, -0.15) is 0 Å². The molecule has 2 aromatic carbocycles. The first kappa shape index (κ1) is 18.5. The number of nitrogens with one attached hydrogen (secondary N) is 1. The minimum atomic E-state index is -0.198. The van der Waals surface area contributed by atoms with E-state index >= 15 is 0 Å². The molecule has 1 saturated heterocycles. The van der Waals surface area contributed by atoms with Gasteiger partial charge in [0.1, 0.15) is 17.5 Å². The summed E-state index contributed by atoms with van der Waals surface area (Å²) >= 11 is 0. The van der Waals surface area contributed by atoms with E-state index in [1.54, 1.807) is 0 Å². The summed E-state index contributed by atoms with van der Waals surface area (Å²) in [6, 6.07) is 15.3. The molecule has 1 aromatic heterocycles. The van der Waals surface area contributed by atoms with Crippen molar-refractivity contribution in [3.05, 3.63) is 71.6 Å². The monoisotopic (exact) mass is 391 g/mol. The van der Waals surface area contributed by atoms with Crippen LogP contribution in [0.3, 0.4) is 0 Å². The molecule has 5 nitrogen and oxygen atoms in total. The van der Waals surface area contributed by atoms with Crippen LogP contribution in [0.1, 0.15) is 36.0 Å². The van der Waals surface area contributed by atoms with Crippen LogP contribution in [0, 0.1) is 5.82 Å². The zero-order valence-electron chi connectivity index (χ0n) is 16.5. The quantitative estimate of drug-likeness (QED) is 0.739. The molecule has 1 N–H and O–H groups in total. The van der Waals surface area contributed by atoms with Crippen molar-refractivity contribution < 1.29 is 4.39 Å². The Morgan fingerprint density at radius 2 is 1.93 bits per heavy atom. The Balaban J connectivity index is 1.30. The van der Waals surface area contributed by atoms with Crippen molar-refractivity contribution in [3.63, 3.8) is 0 Å². The number of piperidine rings is 1. The third-order valence-corrected chi connectivity index (χ3v) is 6.03. The highest BCUT2D eigenvalue weighted by Crippen LogP contribution is 2.28. The van der Waals surface area contributed by atoms with E-state index in [0.717, 1.165) is 62.0 Å². The summed E-state index contributed by atoms with van der Waals surface area (Å²) in [5.74, 6) is 2.47. The summed E-state index contributed by atoms with van der Waals surface area (Å²) < 4.78 is 15.5. The molecule has 0 aliphatic carbocycles. The number of hydrogen-bond acceptors (Lipinski definition) is 4. The van der Waals surface area contributed by atoms with Crippen molar-refractivity contribution in [2.75, 3.05) is 19.6 Å². The van der Waals surface area contributed by atoms with Gasteiger partial charge in [0.25, 0.3) is 0 Å². The van der Waals surface area contributed by atoms with E-state index in [9.17, 15) is 4.39 Å². The average Bonchev–Trinajstić information content (AvgIpc) is 3.19. The fourth-order valence-electron chi connectivity index (χ4n) is 4.58. The number of hydrogen-bond donors (Lipinski definition) is 1. The average molecular weight is 391 g/mol. The Labute approximate surface area is 170 Å². The van der Waals surface area contributed by atoms with E-state index in [0.29, 0.717) is 5.92 Å². The first-order valence-electron chi connectivity index (χ1n) is 10.5. The Kier molecular flexibility index (Phi) is 5.12. The van der Waals surface area contributed by atoms with Crippen LogP contribution in [-0.2, 0) is 19.6 Å². The fourth-order valence-corrected chi connectivity index (χ4v) is 4.58. The minimum absolute atomic E-state index is 0.198. The highest BCUT2D eigenvalue weighted by Gasteiger charge is 2.27. The zero-order valence-corrected chi connectivity index (χ0v) is 16.5. The molecule has 1 unspecified atom stereocenters. The molecule has 3 heterocycles. The van der Waals surface area contributed by atoms with Gasteiger partial charge < -0.3 is 9.88 Å². The van der Waals surface area contributed by atoms with E-state index < -0.39 is 0 Å². The van der Waals surface area contributed by atoms with Crippen LogP contribution in [0.25, 0.3) is 11.1 Å². The number of nitrogens with zero attached hydrogens (tertiary/aromatic N) is 4. The summed E-state index contributed by atoms with van der Waals surface area (Å²) in [6.45, 7) is 5.83. The van der Waals surface area contributed by atoms with Crippen LogP contribution in [-0.4, -0.2) is 39.3 Å². The fraction of sp³-hybridized carbons (Fsp3) is 0.391. The predicted molar refractivity (Wildman–Crippen MR) is 111 cm³/mol. The van der Waals surface area contributed by atoms with Gasteiger partial charge >= 0.3 is 0 Å². The van der Waals surface area contributed by atoms with Crippen molar-refractivity contribution >= 4 is 0 Å². The second-order valence-corrected chi connectivity index (χ2v) is 8.08. The summed E-state index contributed by atoms with van der Waals surface area (Å²) in [5.41, 5.74) is 3.48. The molecule has 1 fully saturated rings. The van der Waals surface area contributed by atoms with Gasteiger partial charge in [-0.05, 0) is 54.3 Å². The van der Waals surface area contributed by atoms with E-state index in [1.807, 2.05) is 12.1 Å². The smallest absolute Gasteiger partial charge is 0.147 e. The third-order valence-electron chi connectivity index (χ3n) is 6.03. The minimum Gasteiger partial charge on any atom is -0.312 e. The van der Waals surface area contributed by atoms with Gasteiger partial charge in [-0.25, -0.2) is 4.39 Å². The molecule has 0 saturated carbocycles. The molecule has 2 aliphatic heterocycles. The van der Waals surface area contributed by atoms with E-state index in [4.69, 9.17) is 0 Å². The maximum Gasteiger partial charge on any atom is 0.147 e. The molecule has 29 heavy (non-hydrogen) atoms. The van der Waals surface area contributed by atoms with Crippen LogP contribution in [0.15, 0.2) is 48.5 Å². The first-order valence-corrected chi connectivity index (χ1v) is 10.5. The van der Waals surface area contributed by atoms with Crippen molar-refractivity contribution in [1.82, 2.24) is 25.0 Å². The standard InChI is InChI=1S/C23H26FN5/c24-21-8-6-18(7-9-21)19-4-1-3-17(13-19)15-28-11-2-5-20(16-28)23-27-26-22-14-25-10-12-29(22)23/h1,3-4,6-9,13,20,25H,2,5,10-12,14-16H2. The molecule has 0 radical (unpaired) electrons. The Bertz CT molecular complexity index is 981. The van der Waals surface area contributed by atoms with Gasteiger partial charge in [0, 0.05) is 32.1 Å². The molecular weight excluding hydrogens is 365 g/mol. The second kappa shape index (κ2) is 8.05. The molecule has 2 aliphatic rings. The van der Waals surface area contributed by atoms with Crippen LogP contribution in [0.4, 0.5) is 4.39 Å². The summed E-state index contributed by atoms with van der Waals surface area (Å²) in [7, 11) is 0. The largest absolute Gasteiger partial charge is 0.312 e. The lowest BCUT2D eigenvalue weighted by atomic mass is 9.96. The molecular formula is C23H26FN5. The molecule has 150 valence electrons. The Morgan fingerprint density at radius 3 is 2.83 bits per heavy atom. The number of halogens is 1. The highest BCUT2D eigenvalue weighted by molar-refractivity contribution is 5.64. The molecule has 6 heteroatoms. The topological polar surface area (TPSA) is 46.0 Å². The lowest BCUT2D eigenvalue weighted by Crippen LogP contribution is -2.36. The summed E-state index contributed by atoms with van der Waals surface area (Å²) in [4.78, 5) is 2.53. The Hall–Kier alpha value is -2.57. The highest BCUT2D eigenvalue weighted by atomic mass is 19.1. The molecule has 1 atom stereocenters. The Morgan fingerprint density at radius 1 is 1.03 bits per heavy atom. The van der Waals surface area contributed by atoms with Crippen molar-refractivity contribution in [3.8, 4) is 11.1 Å². The third kappa shape index (κ3) is 3.95. The van der Waals surface area contributed by atoms with Gasteiger partial charge in [0.05, 0.1) is 6.54 Å². The summed E-state index contributed by atoms with van der Waals surface area (Å²) in [5, 5.41) is 12.3. The normalized spacial score (nSPS) is 19.8. The second-order valence-electron chi connectivity index (χ2n) is 8.08. The molecule has 3 aromatic rings. The molecule has 0 bridgehead atoms. The van der Waals surface area contributed by atoms with Gasteiger partial charge in [-0.1, -0.05) is 30.3 Å². The van der Waals surface area contributed by atoms with E-state index in [2.05, 4.69) is 49.2 Å². The molecule has 5 rings (SSSR count). The van der Waals surface area contributed by atoms with Crippen LogP contribution in [0.5, 0.6) is 0 Å². The van der Waals surface area contributed by atoms with E-state index in [1.165, 1.54) is 30.5 Å². The number of rotatable bonds is 4. The van der Waals surface area contributed by atoms with E-state index in [-0.39, 0.29) is 5.82 Å². The maximum absolute atomic E-state index is 13.2. The van der Waals surface area contributed by atoms with Crippen molar-refractivity contribution in [2.24, 2.45) is 0 Å². The predicted octanol–water partition coefficient (Wildman–Crippen LogP) is 3.57. The van der Waals surface area contributed by atoms with Crippen LogP contribution < -0.4 is 5.32 Å². The van der Waals surface area contributed by atoms with Gasteiger partial charge in [-0.15, -0.1) is 10.2 Å². The SMILES string of the molecule is Fc1ccc(-c2cccc(CN3CCCC(c4nnc5n4CCNC5)C3)c2)cc1. The van der Waals surface area contributed by atoms with Crippen LogP contribution >= 0.6 is 0 Å². The maximum atomic E-state index is 13.2. The number of likely N-dealkylation sites (tertiary alicyclic amines) is 1. The first-order chi connectivity index (χ1) is 14.3. The molecule has 0 spiro atoms. The number of fused-ring (bicyclic) bond motifs is 1.